The van der Waals surface area contributed by atoms with Crippen molar-refractivity contribution in [1.82, 2.24) is 0 Å². The second-order valence-electron chi connectivity index (χ2n) is 0.216. The van der Waals surface area contributed by atoms with Crippen molar-refractivity contribution in [3.63, 3.8) is 0 Å². The van der Waals surface area contributed by atoms with Crippen LogP contribution >= 0.6 is 35.5 Å². The molecule has 0 aliphatic heterocycles. The molecule has 0 atom stereocenters. The Morgan fingerprint density at radius 1 is 1.57 bits per heavy atom. The van der Waals surface area contributed by atoms with Gasteiger partial charge in [0.15, 0.2) is 0 Å². The molecule has 0 aromatic rings. The van der Waals surface area contributed by atoms with E-state index < -0.39 is 0 Å². The van der Waals surface area contributed by atoms with E-state index in [1.165, 1.54) is 0 Å². The third-order valence-corrected chi connectivity index (χ3v) is 0. The molecular weight excluding hydrogens is 634 g/mol. The zero-order chi connectivity index (χ0) is 5.41. The molecule has 0 heterocycles. The molecule has 0 aromatic heterocycles. The molecule has 36 valence electrons. The van der Waals surface area contributed by atoms with Gasteiger partial charge in [-0.2, -0.15) is 0 Å². The monoisotopic (exact) mass is 638 g/mol. The maximum absolute atomic E-state index is 5.75. The summed E-state index contributed by atoms with van der Waals surface area (Å²) in [4.78, 5) is 0. The number of nitrogens with one attached hydrogen (secondary N) is 2. The van der Waals surface area contributed by atoms with E-state index in [9.17, 15) is 0 Å². The SMILES string of the molecule is N=C[NH-].[Cs+].[I][Pb][I]. The number of hydrogen-bond donors (Lipinski definition) is 1. The Balaban J connectivity index is -0.0000000400. The van der Waals surface area contributed by atoms with Gasteiger partial charge in [0.25, 0.3) is 0 Å². The van der Waals surface area contributed by atoms with E-state index in [0.29, 0.717) is 6.34 Å². The van der Waals surface area contributed by atoms with Gasteiger partial charge in [-0.15, -0.1) is 6.34 Å². The van der Waals surface area contributed by atoms with Crippen LogP contribution in [0.25, 0.3) is 5.73 Å². The summed E-state index contributed by atoms with van der Waals surface area (Å²) in [6.07, 6.45) is 0.500. The molecular formula is CH3CsI2N2Pb. The fourth-order valence-corrected chi connectivity index (χ4v) is 0. The summed E-state index contributed by atoms with van der Waals surface area (Å²) >= 11 is 4.96. The average molecular weight is 637 g/mol. The van der Waals surface area contributed by atoms with E-state index >= 15 is 0 Å². The van der Waals surface area contributed by atoms with Crippen molar-refractivity contribution in [2.24, 2.45) is 0 Å². The standard InChI is InChI=1S/CH3N2.Cs.2HI.Pb/c2-1-3;;;;/h1H,(H2-,2,3);;2*1H;/q-1;+1;;;+2/p-2. The summed E-state index contributed by atoms with van der Waals surface area (Å²) < 4.78 is 0. The van der Waals surface area contributed by atoms with E-state index in [1.54, 1.807) is 0 Å². The molecule has 2 nitrogen and oxygen atoms in total. The summed E-state index contributed by atoms with van der Waals surface area (Å²) in [6, 6.07) is 0. The van der Waals surface area contributed by atoms with Gasteiger partial charge in [0.05, 0.1) is 0 Å². The van der Waals surface area contributed by atoms with Crippen LogP contribution in [0.1, 0.15) is 0 Å². The molecule has 2 N–H and O–H groups in total. The van der Waals surface area contributed by atoms with Gasteiger partial charge in [0, 0.05) is 0 Å². The first-order valence-corrected chi connectivity index (χ1v) is 22.8. The van der Waals surface area contributed by atoms with Crippen LogP contribution in [0.4, 0.5) is 0 Å². The molecule has 0 rings (SSSR count). The molecule has 0 saturated heterocycles. The predicted molar refractivity (Wildman–Crippen MR) is 46.9 cm³/mol. The Labute approximate surface area is 133 Å². The van der Waals surface area contributed by atoms with Crippen LogP contribution in [0, 0.1) is 5.41 Å². The number of halogens is 2. The molecule has 0 saturated carbocycles. The fourth-order valence-electron chi connectivity index (χ4n) is 0. The molecule has 0 aromatic carbocycles. The Morgan fingerprint density at radius 2 is 1.57 bits per heavy atom. The molecule has 0 aliphatic rings. The molecule has 6 heteroatoms. The van der Waals surface area contributed by atoms with Gasteiger partial charge < -0.3 is 11.1 Å². The molecule has 0 bridgehead atoms. The summed E-state index contributed by atoms with van der Waals surface area (Å²) in [6.45, 7) is 0. The minimum atomic E-state index is 0. The Kier molecular flexibility index (Phi) is 55.1. The Bertz CT molecular complexity index is 29.7. The summed E-state index contributed by atoms with van der Waals surface area (Å²) in [5.41, 5.74) is 5.75. The third-order valence-electron chi connectivity index (χ3n) is 0. The fraction of sp³-hybridized carbons (Fsp3) is 0. The zero-order valence-corrected chi connectivity index (χ0v) is 18.3. The van der Waals surface area contributed by atoms with Crippen molar-refractivity contribution in [2.75, 3.05) is 0 Å². The topological polar surface area (TPSA) is 47.7 Å². The average Bonchev–Trinajstić information content (AvgIpc) is 1.39. The summed E-state index contributed by atoms with van der Waals surface area (Å²) in [5.74, 6) is 0. The van der Waals surface area contributed by atoms with E-state index in [0.717, 1.165) is 0 Å². The van der Waals surface area contributed by atoms with Crippen LogP contribution in [-0.4, -0.2) is 22.0 Å². The van der Waals surface area contributed by atoms with Gasteiger partial charge in [0.1, 0.15) is 0 Å². The molecule has 0 unspecified atom stereocenters. The normalized spacial score (nSPS) is 4.29. The predicted octanol–water partition coefficient (Wildman–Crippen LogP) is -0.960. The first-order chi connectivity index (χ1) is 2.83. The molecule has 0 spiro atoms. The van der Waals surface area contributed by atoms with Gasteiger partial charge in [-0.1, -0.05) is 0 Å². The van der Waals surface area contributed by atoms with Gasteiger partial charge in [-0.25, -0.2) is 0 Å². The van der Waals surface area contributed by atoms with Crippen molar-refractivity contribution >= 4 is 57.5 Å². The Hall–Kier alpha value is 3.90. The van der Waals surface area contributed by atoms with Gasteiger partial charge >= 0.3 is 120 Å². The second-order valence-corrected chi connectivity index (χ2v) is 28.3. The molecule has 0 amide bonds. The van der Waals surface area contributed by atoms with Crippen LogP contribution < -0.4 is 68.9 Å². The number of rotatable bonds is 0. The van der Waals surface area contributed by atoms with Gasteiger partial charge in [-0.3, -0.25) is 0 Å². The van der Waals surface area contributed by atoms with Crippen molar-refractivity contribution in [3.05, 3.63) is 5.73 Å². The number of hydrogen-bond acceptors (Lipinski definition) is 1. The molecule has 0 aliphatic carbocycles. The molecule has 2 radical (unpaired) electrons. The van der Waals surface area contributed by atoms with Gasteiger partial charge in [0.2, 0.25) is 0 Å². The van der Waals surface area contributed by atoms with Crippen LogP contribution in [0.15, 0.2) is 0 Å². The van der Waals surface area contributed by atoms with Crippen LogP contribution in [-0.2, 0) is 0 Å². The van der Waals surface area contributed by atoms with E-state index in [4.69, 9.17) is 11.1 Å². The summed E-state index contributed by atoms with van der Waals surface area (Å²) in [7, 11) is 0. The minimum absolute atomic E-state index is 0. The van der Waals surface area contributed by atoms with Crippen molar-refractivity contribution in [3.8, 4) is 0 Å². The third kappa shape index (κ3) is 40.6. The summed E-state index contributed by atoms with van der Waals surface area (Å²) in [5, 5.41) is 5.75. The first kappa shape index (κ1) is 17.1. The van der Waals surface area contributed by atoms with Gasteiger partial charge in [-0.05, 0) is 0 Å². The quantitative estimate of drug-likeness (QED) is 0.154. The van der Waals surface area contributed by atoms with Crippen molar-refractivity contribution in [2.45, 2.75) is 0 Å². The van der Waals surface area contributed by atoms with Crippen LogP contribution in [0.2, 0.25) is 0 Å². The molecule has 7 heavy (non-hydrogen) atoms. The molecule has 0 fully saturated rings. The maximum atomic E-state index is 5.75. The van der Waals surface area contributed by atoms with Crippen molar-refractivity contribution in [1.29, 1.82) is 5.41 Å². The van der Waals surface area contributed by atoms with Crippen LogP contribution in [0.5, 0.6) is 0 Å². The van der Waals surface area contributed by atoms with Crippen molar-refractivity contribution < 1.29 is 68.9 Å². The van der Waals surface area contributed by atoms with Crippen LogP contribution in [0.3, 0.4) is 0 Å². The van der Waals surface area contributed by atoms with E-state index in [1.807, 2.05) is 0 Å². The first-order valence-electron chi connectivity index (χ1n) is 0.955. The Morgan fingerprint density at radius 3 is 1.57 bits per heavy atom. The second kappa shape index (κ2) is 22.5. The zero-order valence-electron chi connectivity index (χ0n) is 3.83. The van der Waals surface area contributed by atoms with E-state index in [2.05, 4.69) is 35.5 Å². The van der Waals surface area contributed by atoms with E-state index in [-0.39, 0.29) is 84.5 Å².